The number of halogens is 3. The van der Waals surface area contributed by atoms with Crippen LogP contribution in [-0.2, 0) is 0 Å². The van der Waals surface area contributed by atoms with Gasteiger partial charge < -0.3 is 4.74 Å². The van der Waals surface area contributed by atoms with Crippen LogP contribution >= 0.6 is 15.9 Å². The van der Waals surface area contributed by atoms with Crippen molar-refractivity contribution < 1.29 is 13.5 Å². The van der Waals surface area contributed by atoms with Gasteiger partial charge in [-0.2, -0.15) is 0 Å². The summed E-state index contributed by atoms with van der Waals surface area (Å²) in [6.45, 7) is 0.519. The molecule has 0 saturated heterocycles. The Morgan fingerprint density at radius 3 is 2.67 bits per heavy atom. The first-order valence-corrected chi connectivity index (χ1v) is 8.02. The van der Waals surface area contributed by atoms with Crippen LogP contribution in [0.25, 0.3) is 10.8 Å². The molecule has 0 spiro atoms. The lowest BCUT2D eigenvalue weighted by molar-refractivity contribution is -0.0498. The van der Waals surface area contributed by atoms with Gasteiger partial charge in [0.2, 0.25) is 5.92 Å². The number of rotatable bonds is 3. The predicted molar refractivity (Wildman–Crippen MR) is 84.0 cm³/mol. The monoisotopic (exact) mass is 354 g/mol. The standard InChI is InChI=1S/C17H17BrF2O/c18-14-4-5-15-13(10-14)2-1-3-16(15)21-11-12-6-8-17(19,20)9-7-12/h1-5,10,12H,6-9,11H2. The fourth-order valence-corrected chi connectivity index (χ4v) is 3.20. The molecule has 4 heteroatoms. The Balaban J connectivity index is 1.69. The topological polar surface area (TPSA) is 9.23 Å². The Morgan fingerprint density at radius 2 is 1.90 bits per heavy atom. The van der Waals surface area contributed by atoms with Crippen molar-refractivity contribution in [2.45, 2.75) is 31.6 Å². The van der Waals surface area contributed by atoms with Crippen LogP contribution in [0.3, 0.4) is 0 Å². The van der Waals surface area contributed by atoms with Gasteiger partial charge in [0.1, 0.15) is 5.75 Å². The van der Waals surface area contributed by atoms with E-state index in [9.17, 15) is 8.78 Å². The zero-order chi connectivity index (χ0) is 14.9. The highest BCUT2D eigenvalue weighted by Crippen LogP contribution is 2.36. The maximum atomic E-state index is 13.1. The molecule has 0 unspecified atom stereocenters. The van der Waals surface area contributed by atoms with E-state index in [4.69, 9.17) is 4.74 Å². The molecule has 1 aliphatic rings. The van der Waals surface area contributed by atoms with E-state index in [1.165, 1.54) is 0 Å². The SMILES string of the molecule is FC1(F)CCC(COc2cccc3cc(Br)ccc23)CC1. The molecule has 112 valence electrons. The molecule has 1 aliphatic carbocycles. The molecule has 2 aromatic rings. The molecule has 21 heavy (non-hydrogen) atoms. The molecule has 1 fully saturated rings. The average molecular weight is 355 g/mol. The van der Waals surface area contributed by atoms with Crippen LogP contribution in [0.1, 0.15) is 25.7 Å². The summed E-state index contributed by atoms with van der Waals surface area (Å²) in [6.07, 6.45) is 1.07. The minimum Gasteiger partial charge on any atom is -0.493 e. The van der Waals surface area contributed by atoms with Gasteiger partial charge in [0.15, 0.2) is 0 Å². The van der Waals surface area contributed by atoms with Gasteiger partial charge in [-0.15, -0.1) is 0 Å². The number of fused-ring (bicyclic) bond motifs is 1. The fraction of sp³-hybridized carbons (Fsp3) is 0.412. The first-order chi connectivity index (χ1) is 10.0. The zero-order valence-corrected chi connectivity index (χ0v) is 13.2. The Bertz CT molecular complexity index is 632. The molecule has 0 heterocycles. The van der Waals surface area contributed by atoms with E-state index in [0.717, 1.165) is 21.0 Å². The van der Waals surface area contributed by atoms with E-state index < -0.39 is 5.92 Å². The smallest absolute Gasteiger partial charge is 0.248 e. The molecule has 0 atom stereocenters. The van der Waals surface area contributed by atoms with Crippen LogP contribution in [0.5, 0.6) is 5.75 Å². The van der Waals surface area contributed by atoms with Crippen molar-refractivity contribution in [3.63, 3.8) is 0 Å². The van der Waals surface area contributed by atoms with Crippen LogP contribution in [0.2, 0.25) is 0 Å². The molecule has 1 saturated carbocycles. The van der Waals surface area contributed by atoms with E-state index in [1.807, 2.05) is 36.4 Å². The molecular weight excluding hydrogens is 338 g/mol. The van der Waals surface area contributed by atoms with Gasteiger partial charge in [0.25, 0.3) is 0 Å². The molecule has 0 radical (unpaired) electrons. The number of benzene rings is 2. The molecule has 1 nitrogen and oxygen atoms in total. The highest BCUT2D eigenvalue weighted by molar-refractivity contribution is 9.10. The van der Waals surface area contributed by atoms with E-state index >= 15 is 0 Å². The van der Waals surface area contributed by atoms with Crippen molar-refractivity contribution in [3.05, 3.63) is 40.9 Å². The largest absolute Gasteiger partial charge is 0.493 e. The van der Waals surface area contributed by atoms with Gasteiger partial charge >= 0.3 is 0 Å². The minimum atomic E-state index is -2.47. The van der Waals surface area contributed by atoms with Crippen molar-refractivity contribution in [1.29, 1.82) is 0 Å². The Hall–Kier alpha value is -1.16. The third kappa shape index (κ3) is 3.54. The lowest BCUT2D eigenvalue weighted by Crippen LogP contribution is -2.27. The Morgan fingerprint density at radius 1 is 1.14 bits per heavy atom. The highest BCUT2D eigenvalue weighted by Gasteiger charge is 2.35. The summed E-state index contributed by atoms with van der Waals surface area (Å²) >= 11 is 3.46. The summed E-state index contributed by atoms with van der Waals surface area (Å²) in [4.78, 5) is 0. The lowest BCUT2D eigenvalue weighted by atomic mass is 9.87. The number of alkyl halides is 2. The Kier molecular flexibility index (Phi) is 4.16. The summed E-state index contributed by atoms with van der Waals surface area (Å²) in [7, 11) is 0. The van der Waals surface area contributed by atoms with Gasteiger partial charge in [-0.3, -0.25) is 0 Å². The first-order valence-electron chi connectivity index (χ1n) is 7.22. The van der Waals surface area contributed by atoms with Gasteiger partial charge in [0, 0.05) is 22.7 Å². The van der Waals surface area contributed by atoms with E-state index in [0.29, 0.717) is 19.4 Å². The minimum absolute atomic E-state index is 0.0104. The second-order valence-electron chi connectivity index (χ2n) is 5.73. The first kappa shape index (κ1) is 14.8. The van der Waals surface area contributed by atoms with E-state index in [2.05, 4.69) is 15.9 Å². The van der Waals surface area contributed by atoms with E-state index in [-0.39, 0.29) is 18.8 Å². The zero-order valence-electron chi connectivity index (χ0n) is 11.6. The summed E-state index contributed by atoms with van der Waals surface area (Å²) in [6, 6.07) is 12.0. The molecule has 3 rings (SSSR count). The fourth-order valence-electron chi connectivity index (χ4n) is 2.82. The summed E-state index contributed by atoms with van der Waals surface area (Å²) in [5.74, 6) is -1.41. The van der Waals surface area contributed by atoms with Crippen LogP contribution < -0.4 is 4.74 Å². The van der Waals surface area contributed by atoms with E-state index in [1.54, 1.807) is 0 Å². The summed E-state index contributed by atoms with van der Waals surface area (Å²) in [5, 5.41) is 2.17. The van der Waals surface area contributed by atoms with Crippen LogP contribution in [0.15, 0.2) is 40.9 Å². The van der Waals surface area contributed by atoms with Crippen molar-refractivity contribution in [3.8, 4) is 5.75 Å². The number of ether oxygens (including phenoxy) is 1. The third-order valence-corrected chi connectivity index (χ3v) is 4.61. The molecular formula is C17H17BrF2O. The number of hydrogen-bond acceptors (Lipinski definition) is 1. The average Bonchev–Trinajstić information content (AvgIpc) is 2.45. The maximum Gasteiger partial charge on any atom is 0.248 e. The van der Waals surface area contributed by atoms with Crippen LogP contribution in [-0.4, -0.2) is 12.5 Å². The van der Waals surface area contributed by atoms with Crippen molar-refractivity contribution in [2.24, 2.45) is 5.92 Å². The van der Waals surface area contributed by atoms with Gasteiger partial charge in [-0.1, -0.05) is 28.1 Å². The van der Waals surface area contributed by atoms with Crippen molar-refractivity contribution in [2.75, 3.05) is 6.61 Å². The van der Waals surface area contributed by atoms with Gasteiger partial charge in [-0.25, -0.2) is 8.78 Å². The van der Waals surface area contributed by atoms with Gasteiger partial charge in [0.05, 0.1) is 6.61 Å². The van der Waals surface area contributed by atoms with Crippen LogP contribution in [0, 0.1) is 5.92 Å². The third-order valence-electron chi connectivity index (χ3n) is 4.11. The summed E-state index contributed by atoms with van der Waals surface area (Å²) < 4.78 is 33.2. The predicted octanol–water partition coefficient (Wildman–Crippen LogP) is 5.81. The molecule has 0 N–H and O–H groups in total. The van der Waals surface area contributed by atoms with Crippen molar-refractivity contribution in [1.82, 2.24) is 0 Å². The second-order valence-corrected chi connectivity index (χ2v) is 6.65. The number of hydrogen-bond donors (Lipinski definition) is 0. The highest BCUT2D eigenvalue weighted by atomic mass is 79.9. The lowest BCUT2D eigenvalue weighted by Gasteiger charge is -2.28. The molecule has 0 aromatic heterocycles. The second kappa shape index (κ2) is 5.91. The normalized spacial score (nSPS) is 18.8. The molecule has 2 aromatic carbocycles. The molecule has 0 amide bonds. The maximum absolute atomic E-state index is 13.1. The molecule has 0 bridgehead atoms. The van der Waals surface area contributed by atoms with Crippen LogP contribution in [0.4, 0.5) is 8.78 Å². The van der Waals surface area contributed by atoms with Gasteiger partial charge in [-0.05, 0) is 48.4 Å². The summed E-state index contributed by atoms with van der Waals surface area (Å²) in [5.41, 5.74) is 0. The molecule has 0 aliphatic heterocycles. The quantitative estimate of drug-likeness (QED) is 0.675. The van der Waals surface area contributed by atoms with Crippen molar-refractivity contribution >= 4 is 26.7 Å². The Labute approximate surface area is 131 Å².